The lowest BCUT2D eigenvalue weighted by molar-refractivity contribution is -0.119. The number of nitrogens with zero attached hydrogens (tertiary/aromatic N) is 1. The van der Waals surface area contributed by atoms with Gasteiger partial charge in [0.05, 0.1) is 5.92 Å². The highest BCUT2D eigenvalue weighted by Gasteiger charge is 2.26. The summed E-state index contributed by atoms with van der Waals surface area (Å²) >= 11 is 0. The number of aromatic nitrogens is 1. The van der Waals surface area contributed by atoms with Crippen LogP contribution in [-0.4, -0.2) is 10.9 Å². The summed E-state index contributed by atoms with van der Waals surface area (Å²) < 4.78 is 0. The van der Waals surface area contributed by atoms with E-state index < -0.39 is 17.9 Å². The molecule has 3 rings (SSSR count). The molecule has 0 aliphatic carbocycles. The fraction of sp³-hybridized carbons (Fsp3) is 0.111. The summed E-state index contributed by atoms with van der Waals surface area (Å²) in [6, 6.07) is 16.7. The summed E-state index contributed by atoms with van der Waals surface area (Å²) in [5.74, 6) is -0.978. The largest absolute Gasteiger partial charge is 0.369 e. The molecule has 22 heavy (non-hydrogen) atoms. The van der Waals surface area contributed by atoms with Crippen LogP contribution in [0.15, 0.2) is 67.0 Å². The van der Waals surface area contributed by atoms with Gasteiger partial charge in [0.15, 0.2) is 0 Å². The zero-order valence-corrected chi connectivity index (χ0v) is 12.0. The van der Waals surface area contributed by atoms with Gasteiger partial charge in [0.1, 0.15) is 0 Å². The molecule has 0 saturated heterocycles. The van der Waals surface area contributed by atoms with Crippen LogP contribution in [-0.2, 0) is 4.79 Å². The van der Waals surface area contributed by atoms with Gasteiger partial charge in [0.25, 0.3) is 0 Å². The fourth-order valence-electron chi connectivity index (χ4n) is 2.71. The lowest BCUT2D eigenvalue weighted by Crippen LogP contribution is -2.31. The van der Waals surface area contributed by atoms with Gasteiger partial charge in [-0.1, -0.05) is 42.5 Å². The van der Waals surface area contributed by atoms with E-state index in [2.05, 4.69) is 4.98 Å². The number of primary amides is 1. The van der Waals surface area contributed by atoms with E-state index in [-0.39, 0.29) is 0 Å². The molecule has 0 saturated carbocycles. The first-order valence-corrected chi connectivity index (χ1v) is 7.10. The minimum absolute atomic E-state index is 0.423. The lowest BCUT2D eigenvalue weighted by atomic mass is 9.86. The Bertz CT molecular complexity index is 802. The Labute approximate surface area is 128 Å². The second kappa shape index (κ2) is 5.95. The molecule has 3 aromatic rings. The Morgan fingerprint density at radius 1 is 0.955 bits per heavy atom. The first kappa shape index (κ1) is 14.2. The molecule has 0 bridgehead atoms. The molecule has 110 valence electrons. The molecule has 2 atom stereocenters. The van der Waals surface area contributed by atoms with Crippen LogP contribution in [0.25, 0.3) is 10.8 Å². The van der Waals surface area contributed by atoms with Crippen molar-refractivity contribution in [1.29, 1.82) is 0 Å². The number of fused-ring (bicyclic) bond motifs is 1. The highest BCUT2D eigenvalue weighted by atomic mass is 16.1. The van der Waals surface area contributed by atoms with Gasteiger partial charge in [-0.3, -0.25) is 9.78 Å². The van der Waals surface area contributed by atoms with E-state index in [1.54, 1.807) is 12.4 Å². The summed E-state index contributed by atoms with van der Waals surface area (Å²) in [5.41, 5.74) is 13.6. The Morgan fingerprint density at radius 2 is 1.73 bits per heavy atom. The molecule has 0 spiro atoms. The van der Waals surface area contributed by atoms with Gasteiger partial charge in [-0.25, -0.2) is 0 Å². The van der Waals surface area contributed by atoms with Gasteiger partial charge >= 0.3 is 0 Å². The summed E-state index contributed by atoms with van der Waals surface area (Å²) in [6.45, 7) is 0. The number of hydrogen-bond donors (Lipinski definition) is 2. The van der Waals surface area contributed by atoms with E-state index >= 15 is 0 Å². The highest BCUT2D eigenvalue weighted by molar-refractivity contribution is 5.85. The maximum Gasteiger partial charge on any atom is 0.226 e. The molecular weight excluding hydrogens is 274 g/mol. The van der Waals surface area contributed by atoms with Crippen LogP contribution in [0.5, 0.6) is 0 Å². The molecule has 2 unspecified atom stereocenters. The number of amides is 1. The number of carbonyl (C=O) groups excluding carboxylic acids is 1. The van der Waals surface area contributed by atoms with Crippen molar-refractivity contribution in [2.45, 2.75) is 12.0 Å². The normalized spacial score (nSPS) is 13.7. The van der Waals surface area contributed by atoms with Crippen molar-refractivity contribution in [3.8, 4) is 0 Å². The van der Waals surface area contributed by atoms with Crippen molar-refractivity contribution in [2.75, 3.05) is 0 Å². The average Bonchev–Trinajstić information content (AvgIpc) is 2.55. The van der Waals surface area contributed by atoms with Crippen LogP contribution in [0.4, 0.5) is 0 Å². The second-order valence-corrected chi connectivity index (χ2v) is 5.30. The monoisotopic (exact) mass is 291 g/mol. The Kier molecular flexibility index (Phi) is 3.85. The molecule has 0 radical (unpaired) electrons. The van der Waals surface area contributed by atoms with Crippen LogP contribution in [0.3, 0.4) is 0 Å². The number of benzene rings is 2. The summed E-state index contributed by atoms with van der Waals surface area (Å²) in [7, 11) is 0. The van der Waals surface area contributed by atoms with Crippen molar-refractivity contribution in [1.82, 2.24) is 4.98 Å². The predicted molar refractivity (Wildman–Crippen MR) is 87.0 cm³/mol. The molecule has 2 aromatic carbocycles. The standard InChI is InChI=1S/C18H17N3O/c19-17(16(18(20)22)12-4-2-1-3-5-12)14-6-7-15-11-21-9-8-13(15)10-14/h1-11,16-17H,19H2,(H2,20,22). The summed E-state index contributed by atoms with van der Waals surface area (Å²) in [5, 5.41) is 2.08. The van der Waals surface area contributed by atoms with Crippen molar-refractivity contribution in [2.24, 2.45) is 11.5 Å². The van der Waals surface area contributed by atoms with E-state index in [1.807, 2.05) is 54.6 Å². The maximum atomic E-state index is 11.9. The van der Waals surface area contributed by atoms with Gasteiger partial charge in [-0.05, 0) is 28.6 Å². The van der Waals surface area contributed by atoms with E-state index in [1.165, 1.54) is 0 Å². The number of carbonyl (C=O) groups is 1. The first-order valence-electron chi connectivity index (χ1n) is 7.10. The topological polar surface area (TPSA) is 82.0 Å². The predicted octanol–water partition coefficient (Wildman–Crippen LogP) is 2.50. The zero-order valence-electron chi connectivity index (χ0n) is 12.0. The molecule has 1 amide bonds. The van der Waals surface area contributed by atoms with Crippen LogP contribution < -0.4 is 11.5 Å². The minimum atomic E-state index is -0.555. The Balaban J connectivity index is 2.02. The van der Waals surface area contributed by atoms with Crippen LogP contribution in [0.2, 0.25) is 0 Å². The second-order valence-electron chi connectivity index (χ2n) is 5.30. The molecule has 1 heterocycles. The number of pyridine rings is 1. The highest BCUT2D eigenvalue weighted by Crippen LogP contribution is 2.30. The van der Waals surface area contributed by atoms with E-state index in [0.717, 1.165) is 21.9 Å². The lowest BCUT2D eigenvalue weighted by Gasteiger charge is -2.22. The average molecular weight is 291 g/mol. The molecule has 1 aromatic heterocycles. The van der Waals surface area contributed by atoms with E-state index in [4.69, 9.17) is 11.5 Å². The number of hydrogen-bond acceptors (Lipinski definition) is 3. The van der Waals surface area contributed by atoms with Crippen LogP contribution in [0, 0.1) is 0 Å². The smallest absolute Gasteiger partial charge is 0.226 e. The minimum Gasteiger partial charge on any atom is -0.369 e. The van der Waals surface area contributed by atoms with Gasteiger partial charge in [0.2, 0.25) is 5.91 Å². The van der Waals surface area contributed by atoms with Gasteiger partial charge in [-0.2, -0.15) is 0 Å². The quantitative estimate of drug-likeness (QED) is 0.775. The first-order chi connectivity index (χ1) is 10.7. The van der Waals surface area contributed by atoms with Crippen molar-refractivity contribution < 1.29 is 4.79 Å². The van der Waals surface area contributed by atoms with Crippen molar-refractivity contribution >= 4 is 16.7 Å². The molecule has 0 fully saturated rings. The molecule has 4 nitrogen and oxygen atoms in total. The van der Waals surface area contributed by atoms with Crippen LogP contribution in [0.1, 0.15) is 23.1 Å². The fourth-order valence-corrected chi connectivity index (χ4v) is 2.71. The summed E-state index contributed by atoms with van der Waals surface area (Å²) in [4.78, 5) is 16.0. The Morgan fingerprint density at radius 3 is 2.45 bits per heavy atom. The third-order valence-electron chi connectivity index (χ3n) is 3.87. The molecule has 4 N–H and O–H groups in total. The zero-order chi connectivity index (χ0) is 15.5. The van der Waals surface area contributed by atoms with Crippen molar-refractivity contribution in [3.63, 3.8) is 0 Å². The van der Waals surface area contributed by atoms with Gasteiger partial charge < -0.3 is 11.5 Å². The SMILES string of the molecule is NC(=O)C(c1ccccc1)C(N)c1ccc2cnccc2c1. The number of nitrogens with two attached hydrogens (primary N) is 2. The molecule has 0 aliphatic rings. The third kappa shape index (κ3) is 2.69. The third-order valence-corrected chi connectivity index (χ3v) is 3.87. The van der Waals surface area contributed by atoms with Gasteiger partial charge in [-0.15, -0.1) is 0 Å². The van der Waals surface area contributed by atoms with E-state index in [0.29, 0.717) is 0 Å². The Hall–Kier alpha value is -2.72. The maximum absolute atomic E-state index is 11.9. The molecule has 0 aliphatic heterocycles. The number of rotatable bonds is 4. The van der Waals surface area contributed by atoms with E-state index in [9.17, 15) is 4.79 Å². The summed E-state index contributed by atoms with van der Waals surface area (Å²) in [6.07, 6.45) is 3.54. The van der Waals surface area contributed by atoms with Crippen LogP contribution >= 0.6 is 0 Å². The molecule has 4 heteroatoms. The molecular formula is C18H17N3O. The van der Waals surface area contributed by atoms with Crippen molar-refractivity contribution in [3.05, 3.63) is 78.1 Å². The van der Waals surface area contributed by atoms with Gasteiger partial charge in [0, 0.05) is 23.8 Å².